The number of benzene rings is 1. The molecule has 1 aliphatic carbocycles. The third-order valence-electron chi connectivity index (χ3n) is 3.37. The lowest BCUT2D eigenvalue weighted by atomic mass is 9.92. The van der Waals surface area contributed by atoms with Gasteiger partial charge in [0.05, 0.1) is 0 Å². The minimum Gasteiger partial charge on any atom is -0.203 e. The molecule has 1 aliphatic rings. The van der Waals surface area contributed by atoms with E-state index in [1.807, 2.05) is 13.8 Å². The summed E-state index contributed by atoms with van der Waals surface area (Å²) in [7, 11) is 0. The largest absolute Gasteiger partial charge is 0.203 e. The van der Waals surface area contributed by atoms with Gasteiger partial charge in [-0.3, -0.25) is 0 Å². The van der Waals surface area contributed by atoms with Crippen LogP contribution < -0.4 is 0 Å². The summed E-state index contributed by atoms with van der Waals surface area (Å²) >= 11 is 0. The Labute approximate surface area is 122 Å². The summed E-state index contributed by atoms with van der Waals surface area (Å²) in [5.74, 6) is -0.529. The van der Waals surface area contributed by atoms with Crippen LogP contribution in [0.15, 0.2) is 23.8 Å². The van der Waals surface area contributed by atoms with Crippen LogP contribution in [-0.2, 0) is 0 Å². The maximum atomic E-state index is 12.6. The average Bonchev–Trinajstić information content (AvgIpc) is 2.47. The Morgan fingerprint density at radius 2 is 1.40 bits per heavy atom. The van der Waals surface area contributed by atoms with E-state index in [0.717, 1.165) is 5.92 Å². The molecule has 1 aromatic rings. The van der Waals surface area contributed by atoms with Gasteiger partial charge in [0.2, 0.25) is 0 Å². The van der Waals surface area contributed by atoms with Gasteiger partial charge in [-0.2, -0.15) is 0 Å². The number of hydrogen-bond acceptors (Lipinski definition) is 0. The van der Waals surface area contributed by atoms with Crippen LogP contribution in [0.2, 0.25) is 0 Å². The summed E-state index contributed by atoms with van der Waals surface area (Å²) in [5.41, 5.74) is 2.29. The zero-order chi connectivity index (χ0) is 15.7. The highest BCUT2D eigenvalue weighted by molar-refractivity contribution is 5.23. The van der Waals surface area contributed by atoms with E-state index in [-0.39, 0.29) is 0 Å². The van der Waals surface area contributed by atoms with Crippen LogP contribution >= 0.6 is 0 Å². The smallest absolute Gasteiger partial charge is 0.161 e. The summed E-state index contributed by atoms with van der Waals surface area (Å²) in [5, 5.41) is 0. The third-order valence-corrected chi connectivity index (χ3v) is 3.37. The van der Waals surface area contributed by atoms with Crippen LogP contribution in [0.1, 0.15) is 58.1 Å². The van der Waals surface area contributed by atoms with Crippen molar-refractivity contribution in [3.63, 3.8) is 0 Å². The molecule has 0 radical (unpaired) electrons. The van der Waals surface area contributed by atoms with Crippen LogP contribution in [0.3, 0.4) is 0 Å². The lowest BCUT2D eigenvalue weighted by Crippen LogP contribution is -1.98. The van der Waals surface area contributed by atoms with Crippen molar-refractivity contribution in [1.29, 1.82) is 0 Å². The normalized spacial score (nSPS) is 17.2. The van der Waals surface area contributed by atoms with Gasteiger partial charge in [-0.1, -0.05) is 44.6 Å². The Morgan fingerprint density at radius 1 is 0.950 bits per heavy atom. The predicted octanol–water partition coefficient (Wildman–Crippen LogP) is 6.36. The fourth-order valence-electron chi connectivity index (χ4n) is 1.84. The first-order valence-corrected chi connectivity index (χ1v) is 7.48. The molecule has 2 heteroatoms. The summed E-state index contributed by atoms with van der Waals surface area (Å²) in [6.07, 6.45) is 6.42. The van der Waals surface area contributed by atoms with Crippen LogP contribution in [0.5, 0.6) is 0 Å². The van der Waals surface area contributed by atoms with Crippen molar-refractivity contribution in [2.24, 2.45) is 5.92 Å². The maximum Gasteiger partial charge on any atom is 0.161 e. The first-order valence-electron chi connectivity index (χ1n) is 7.48. The second-order valence-electron chi connectivity index (χ2n) is 5.26. The molecule has 1 atom stereocenters. The van der Waals surface area contributed by atoms with Gasteiger partial charge in [0.15, 0.2) is 11.6 Å². The van der Waals surface area contributed by atoms with Gasteiger partial charge in [-0.15, -0.1) is 0 Å². The molecule has 1 aromatic carbocycles. The highest BCUT2D eigenvalue weighted by atomic mass is 19.2. The molecular weight excluding hydrogens is 254 g/mol. The van der Waals surface area contributed by atoms with Gasteiger partial charge in [-0.25, -0.2) is 8.78 Å². The standard InChI is InChI=1S/C8H8F2.C8H14.C2H6/c1-5-3-4-6(2)8(10)7(5)9;1-7-3-5-8(2)6-4-7;1-2/h3-4H,1-2H3;3,8H,4-6H2,1-2H3;1-2H3. The molecule has 0 spiro atoms. The number of halogens is 2. The van der Waals surface area contributed by atoms with Crippen molar-refractivity contribution in [1.82, 2.24) is 0 Å². The Hall–Kier alpha value is -1.18. The molecule has 0 aliphatic heterocycles. The summed E-state index contributed by atoms with van der Waals surface area (Å²) in [6.45, 7) is 11.6. The Morgan fingerprint density at radius 3 is 1.70 bits per heavy atom. The van der Waals surface area contributed by atoms with E-state index in [1.54, 1.807) is 17.7 Å². The van der Waals surface area contributed by atoms with Crippen molar-refractivity contribution in [2.75, 3.05) is 0 Å². The van der Waals surface area contributed by atoms with E-state index in [9.17, 15) is 8.78 Å². The lowest BCUT2D eigenvalue weighted by molar-refractivity contribution is 0.497. The van der Waals surface area contributed by atoms with Crippen LogP contribution in [0.4, 0.5) is 8.78 Å². The molecule has 0 amide bonds. The molecule has 2 rings (SSSR count). The molecule has 1 unspecified atom stereocenters. The molecule has 0 saturated heterocycles. The lowest BCUT2D eigenvalue weighted by Gasteiger charge is -2.14. The van der Waals surface area contributed by atoms with Gasteiger partial charge in [0, 0.05) is 0 Å². The zero-order valence-corrected chi connectivity index (χ0v) is 13.7. The first-order chi connectivity index (χ1) is 9.41. The van der Waals surface area contributed by atoms with Crippen LogP contribution in [0.25, 0.3) is 0 Å². The minimum absolute atomic E-state index is 0.350. The highest BCUT2D eigenvalue weighted by Gasteiger charge is 2.06. The molecule has 0 fully saturated rings. The molecule has 0 aromatic heterocycles. The first kappa shape index (κ1) is 18.8. The van der Waals surface area contributed by atoms with Crippen LogP contribution in [-0.4, -0.2) is 0 Å². The van der Waals surface area contributed by atoms with Gasteiger partial charge < -0.3 is 0 Å². The Balaban J connectivity index is 0.000000327. The minimum atomic E-state index is -0.736. The maximum absolute atomic E-state index is 12.6. The second-order valence-corrected chi connectivity index (χ2v) is 5.26. The van der Waals surface area contributed by atoms with Crippen molar-refractivity contribution in [3.8, 4) is 0 Å². The molecule has 0 N–H and O–H groups in total. The monoisotopic (exact) mass is 282 g/mol. The van der Waals surface area contributed by atoms with Gasteiger partial charge in [-0.05, 0) is 57.1 Å². The van der Waals surface area contributed by atoms with Crippen LogP contribution in [0, 0.1) is 31.4 Å². The summed E-state index contributed by atoms with van der Waals surface area (Å²) < 4.78 is 25.2. The number of allylic oxidation sites excluding steroid dienone is 2. The van der Waals surface area contributed by atoms with E-state index in [1.165, 1.54) is 33.1 Å². The highest BCUT2D eigenvalue weighted by Crippen LogP contribution is 2.21. The average molecular weight is 282 g/mol. The summed E-state index contributed by atoms with van der Waals surface area (Å²) in [4.78, 5) is 0. The third kappa shape index (κ3) is 6.31. The Bertz CT molecular complexity index is 406. The quantitative estimate of drug-likeness (QED) is 0.486. The fourth-order valence-corrected chi connectivity index (χ4v) is 1.84. The summed E-state index contributed by atoms with van der Waals surface area (Å²) in [6, 6.07) is 3.13. The van der Waals surface area contributed by atoms with E-state index in [0.29, 0.717) is 11.1 Å². The molecule has 0 heterocycles. The second kappa shape index (κ2) is 9.68. The number of aryl methyl sites for hydroxylation is 2. The van der Waals surface area contributed by atoms with Gasteiger partial charge in [0.1, 0.15) is 0 Å². The fraction of sp³-hybridized carbons (Fsp3) is 0.556. The number of rotatable bonds is 0. The van der Waals surface area contributed by atoms with Crippen molar-refractivity contribution < 1.29 is 8.78 Å². The SMILES string of the molecule is CC.CC1=CCC(C)CC1.Cc1ccc(C)c(F)c1F. The molecule has 0 bridgehead atoms. The molecule has 0 nitrogen and oxygen atoms in total. The van der Waals surface area contributed by atoms with Crippen molar-refractivity contribution >= 4 is 0 Å². The molecular formula is C18H28F2. The van der Waals surface area contributed by atoms with Gasteiger partial charge >= 0.3 is 0 Å². The Kier molecular flexibility index (Phi) is 9.11. The topological polar surface area (TPSA) is 0 Å². The predicted molar refractivity (Wildman–Crippen MR) is 84.0 cm³/mol. The molecule has 114 valence electrons. The van der Waals surface area contributed by atoms with E-state index in [2.05, 4.69) is 19.9 Å². The van der Waals surface area contributed by atoms with E-state index in [4.69, 9.17) is 0 Å². The number of hydrogen-bond donors (Lipinski definition) is 0. The van der Waals surface area contributed by atoms with Crippen molar-refractivity contribution in [3.05, 3.63) is 46.5 Å². The molecule has 20 heavy (non-hydrogen) atoms. The van der Waals surface area contributed by atoms with Gasteiger partial charge in [0.25, 0.3) is 0 Å². The van der Waals surface area contributed by atoms with Crippen molar-refractivity contribution in [2.45, 2.75) is 60.8 Å². The van der Waals surface area contributed by atoms with E-state index < -0.39 is 11.6 Å². The zero-order valence-electron chi connectivity index (χ0n) is 13.7. The van der Waals surface area contributed by atoms with E-state index >= 15 is 0 Å². The molecule has 0 saturated carbocycles.